The summed E-state index contributed by atoms with van der Waals surface area (Å²) in [7, 11) is 0. The number of carbonyl (C=O) groups excluding carboxylic acids is 1. The van der Waals surface area contributed by atoms with Gasteiger partial charge < -0.3 is 9.84 Å². The van der Waals surface area contributed by atoms with Gasteiger partial charge in [0.15, 0.2) is 0 Å². The van der Waals surface area contributed by atoms with Crippen LogP contribution < -0.4 is 0 Å². The molecule has 1 aromatic rings. The summed E-state index contributed by atoms with van der Waals surface area (Å²) in [5, 5.41) is 9.98. The van der Waals surface area contributed by atoms with Gasteiger partial charge in [-0.3, -0.25) is 0 Å². The number of hydrogen-bond donors (Lipinski definition) is 1. The summed E-state index contributed by atoms with van der Waals surface area (Å²) >= 11 is 0. The second-order valence-electron chi connectivity index (χ2n) is 6.27. The molecule has 0 saturated heterocycles. The van der Waals surface area contributed by atoms with E-state index < -0.39 is 17.7 Å². The van der Waals surface area contributed by atoms with Crippen LogP contribution in [0.15, 0.2) is 42.5 Å². The van der Waals surface area contributed by atoms with Crippen LogP contribution in [0.3, 0.4) is 0 Å². The molecule has 116 valence electrons. The molecule has 21 heavy (non-hydrogen) atoms. The first-order chi connectivity index (χ1) is 9.79. The first kappa shape index (κ1) is 17.4. The molecular weight excluding hydrogens is 264 g/mol. The fourth-order valence-electron chi connectivity index (χ4n) is 1.97. The molecule has 1 N–H and O–H groups in total. The molecule has 1 rings (SSSR count). The highest BCUT2D eigenvalue weighted by atomic mass is 16.6. The Hall–Kier alpha value is -1.61. The predicted molar refractivity (Wildman–Crippen MR) is 85.0 cm³/mol. The van der Waals surface area contributed by atoms with Crippen molar-refractivity contribution in [3.63, 3.8) is 0 Å². The third-order valence-corrected chi connectivity index (χ3v) is 3.10. The second-order valence-corrected chi connectivity index (χ2v) is 6.27. The van der Waals surface area contributed by atoms with Gasteiger partial charge in [0, 0.05) is 0 Å². The normalized spacial score (nSPS) is 12.8. The molecule has 0 aliphatic heterocycles. The highest BCUT2D eigenvalue weighted by Gasteiger charge is 2.22. The fraction of sp³-hybridized carbons (Fsp3) is 0.500. The van der Waals surface area contributed by atoms with Crippen LogP contribution in [0, 0.1) is 0 Å². The topological polar surface area (TPSA) is 46.5 Å². The number of rotatable bonds is 7. The van der Waals surface area contributed by atoms with Crippen molar-refractivity contribution in [2.24, 2.45) is 0 Å². The largest absolute Gasteiger partial charge is 0.457 e. The Labute approximate surface area is 127 Å². The van der Waals surface area contributed by atoms with Gasteiger partial charge in [-0.15, -0.1) is 0 Å². The summed E-state index contributed by atoms with van der Waals surface area (Å²) in [4.78, 5) is 11.8. The summed E-state index contributed by atoms with van der Waals surface area (Å²) in [6.45, 7) is 9.04. The molecule has 0 bridgehead atoms. The van der Waals surface area contributed by atoms with Crippen LogP contribution >= 0.6 is 0 Å². The number of aliphatic hydroxyl groups is 1. The van der Waals surface area contributed by atoms with Crippen LogP contribution in [0.5, 0.6) is 0 Å². The zero-order valence-electron chi connectivity index (χ0n) is 13.3. The zero-order chi connectivity index (χ0) is 15.9. The number of ether oxygens (including phenoxy) is 1. The molecule has 0 fully saturated rings. The number of aliphatic hydroxyl groups excluding tert-OH is 1. The smallest absolute Gasteiger partial charge is 0.336 e. The van der Waals surface area contributed by atoms with Gasteiger partial charge in [-0.25, -0.2) is 4.79 Å². The second kappa shape index (κ2) is 7.99. The monoisotopic (exact) mass is 290 g/mol. The maximum Gasteiger partial charge on any atom is 0.336 e. The minimum atomic E-state index is -0.823. The maximum atomic E-state index is 11.8. The Morgan fingerprint density at radius 2 is 1.86 bits per heavy atom. The molecule has 0 aliphatic carbocycles. The molecule has 0 amide bonds. The average molecular weight is 290 g/mol. The van der Waals surface area contributed by atoms with Crippen LogP contribution in [0.25, 0.3) is 0 Å². The summed E-state index contributed by atoms with van der Waals surface area (Å²) in [6.07, 6.45) is 2.51. The number of esters is 1. The minimum absolute atomic E-state index is 0.143. The van der Waals surface area contributed by atoms with Crippen molar-refractivity contribution < 1.29 is 14.6 Å². The van der Waals surface area contributed by atoms with E-state index >= 15 is 0 Å². The first-order valence-electron chi connectivity index (χ1n) is 7.44. The van der Waals surface area contributed by atoms with Gasteiger partial charge in [0.1, 0.15) is 5.60 Å². The Bertz CT molecular complexity index is 457. The van der Waals surface area contributed by atoms with E-state index in [0.29, 0.717) is 6.42 Å². The number of aryl methyl sites for hydroxylation is 1. The van der Waals surface area contributed by atoms with Crippen LogP contribution in [0.2, 0.25) is 0 Å². The molecule has 0 heterocycles. The van der Waals surface area contributed by atoms with Crippen molar-refractivity contribution in [3.8, 4) is 0 Å². The highest BCUT2D eigenvalue weighted by molar-refractivity contribution is 5.89. The van der Waals surface area contributed by atoms with Crippen molar-refractivity contribution in [3.05, 3.63) is 48.0 Å². The lowest BCUT2D eigenvalue weighted by atomic mass is 10.0. The Balaban J connectivity index is 2.28. The highest BCUT2D eigenvalue weighted by Crippen LogP contribution is 2.16. The Kier molecular flexibility index (Phi) is 6.63. The SMILES string of the molecule is C=C(C(=O)OC(C)(C)C)C(O)CCCCc1ccccc1. The fourth-order valence-corrected chi connectivity index (χ4v) is 1.97. The lowest BCUT2D eigenvalue weighted by molar-refractivity contribution is -0.151. The lowest BCUT2D eigenvalue weighted by Crippen LogP contribution is -2.28. The van der Waals surface area contributed by atoms with Crippen molar-refractivity contribution in [2.75, 3.05) is 0 Å². The quantitative estimate of drug-likeness (QED) is 0.473. The summed E-state index contributed by atoms with van der Waals surface area (Å²) in [5.74, 6) is -0.516. The average Bonchev–Trinajstić information content (AvgIpc) is 2.41. The molecule has 0 spiro atoms. The van der Waals surface area contributed by atoms with Crippen molar-refractivity contribution in [1.82, 2.24) is 0 Å². The van der Waals surface area contributed by atoms with E-state index in [9.17, 15) is 9.90 Å². The summed E-state index contributed by atoms with van der Waals surface area (Å²) < 4.78 is 5.20. The zero-order valence-corrected chi connectivity index (χ0v) is 13.3. The van der Waals surface area contributed by atoms with Crippen LogP contribution in [0.1, 0.15) is 45.6 Å². The van der Waals surface area contributed by atoms with E-state index in [4.69, 9.17) is 4.74 Å². The standard InChI is InChI=1S/C18H26O3/c1-14(17(20)21-18(2,3)4)16(19)13-9-8-12-15-10-6-5-7-11-15/h5-7,10-11,16,19H,1,8-9,12-13H2,2-4H3. The molecule has 1 aromatic carbocycles. The van der Waals surface area contributed by atoms with Gasteiger partial charge in [-0.1, -0.05) is 43.3 Å². The summed E-state index contributed by atoms with van der Waals surface area (Å²) in [5.41, 5.74) is 0.871. The molecule has 3 nitrogen and oxygen atoms in total. The van der Waals surface area contributed by atoms with E-state index in [0.717, 1.165) is 19.3 Å². The number of benzene rings is 1. The molecule has 0 radical (unpaired) electrons. The number of hydrogen-bond acceptors (Lipinski definition) is 3. The van der Waals surface area contributed by atoms with Gasteiger partial charge in [0.2, 0.25) is 0 Å². The van der Waals surface area contributed by atoms with Gasteiger partial charge in [-0.05, 0) is 45.6 Å². The molecule has 0 aromatic heterocycles. The van der Waals surface area contributed by atoms with Crippen LogP contribution in [-0.4, -0.2) is 22.8 Å². The third-order valence-electron chi connectivity index (χ3n) is 3.10. The maximum absolute atomic E-state index is 11.8. The van der Waals surface area contributed by atoms with Gasteiger partial charge in [0.05, 0.1) is 11.7 Å². The Morgan fingerprint density at radius 1 is 1.24 bits per heavy atom. The van der Waals surface area contributed by atoms with E-state index in [1.54, 1.807) is 20.8 Å². The molecule has 1 atom stereocenters. The van der Waals surface area contributed by atoms with Gasteiger partial charge in [-0.2, -0.15) is 0 Å². The minimum Gasteiger partial charge on any atom is -0.457 e. The van der Waals surface area contributed by atoms with Crippen LogP contribution in [-0.2, 0) is 16.0 Å². The van der Waals surface area contributed by atoms with Crippen LogP contribution in [0.4, 0.5) is 0 Å². The van der Waals surface area contributed by atoms with Crippen molar-refractivity contribution in [1.29, 1.82) is 0 Å². The van der Waals surface area contributed by atoms with Crippen molar-refractivity contribution in [2.45, 2.75) is 58.2 Å². The Morgan fingerprint density at radius 3 is 2.43 bits per heavy atom. The van der Waals surface area contributed by atoms with E-state index in [-0.39, 0.29) is 5.57 Å². The van der Waals surface area contributed by atoms with Gasteiger partial charge in [0.25, 0.3) is 0 Å². The molecule has 0 saturated carbocycles. The molecule has 1 unspecified atom stereocenters. The first-order valence-corrected chi connectivity index (χ1v) is 7.44. The molecular formula is C18H26O3. The molecule has 3 heteroatoms. The van der Waals surface area contributed by atoms with E-state index in [1.165, 1.54) is 5.56 Å². The van der Waals surface area contributed by atoms with Gasteiger partial charge >= 0.3 is 5.97 Å². The molecule has 0 aliphatic rings. The summed E-state index contributed by atoms with van der Waals surface area (Å²) in [6, 6.07) is 10.2. The number of unbranched alkanes of at least 4 members (excludes halogenated alkanes) is 1. The predicted octanol–water partition coefficient (Wildman–Crippen LogP) is 3.66. The number of carbonyl (C=O) groups is 1. The van der Waals surface area contributed by atoms with E-state index in [1.807, 2.05) is 18.2 Å². The van der Waals surface area contributed by atoms with E-state index in [2.05, 4.69) is 18.7 Å². The third kappa shape index (κ3) is 7.09. The van der Waals surface area contributed by atoms with Crippen molar-refractivity contribution >= 4 is 5.97 Å². The lowest BCUT2D eigenvalue weighted by Gasteiger charge is -2.21.